The largest absolute Gasteiger partial charge is 0.416 e. The molecule has 2 amide bonds. The van der Waals surface area contributed by atoms with Gasteiger partial charge in [0.1, 0.15) is 5.02 Å². The van der Waals surface area contributed by atoms with Crippen LogP contribution in [-0.4, -0.2) is 46.8 Å². The van der Waals surface area contributed by atoms with E-state index < -0.39 is 29.8 Å². The summed E-state index contributed by atoms with van der Waals surface area (Å²) in [7, 11) is 1.05. The first-order valence-electron chi connectivity index (χ1n) is 5.73. The lowest BCUT2D eigenvalue weighted by molar-refractivity contribution is -0.384. The first-order chi connectivity index (χ1) is 10.0. The van der Waals surface area contributed by atoms with E-state index in [2.05, 4.69) is 5.32 Å². The van der Waals surface area contributed by atoms with Crippen LogP contribution in [0.2, 0.25) is 5.02 Å². The summed E-state index contributed by atoms with van der Waals surface area (Å²) < 4.78 is 36.5. The van der Waals surface area contributed by atoms with Crippen molar-refractivity contribution in [1.29, 1.82) is 0 Å². The number of carbonyl (C=O) groups excluding carboxylic acids is 1. The number of anilines is 1. The van der Waals surface area contributed by atoms with Crippen LogP contribution in [0.4, 0.5) is 29.3 Å². The van der Waals surface area contributed by atoms with Gasteiger partial charge in [0.15, 0.2) is 6.10 Å². The van der Waals surface area contributed by atoms with E-state index in [0.29, 0.717) is 4.90 Å². The molecule has 0 aliphatic rings. The van der Waals surface area contributed by atoms with Gasteiger partial charge in [-0.05, 0) is 12.1 Å². The predicted octanol–water partition coefficient (Wildman–Crippen LogP) is 2.64. The van der Waals surface area contributed by atoms with Crippen LogP contribution in [0.25, 0.3) is 0 Å². The Bertz CT molecular complexity index is 582. The predicted molar refractivity (Wildman–Crippen MR) is 71.8 cm³/mol. The Labute approximate surface area is 127 Å². The van der Waals surface area contributed by atoms with Crippen LogP contribution in [0.3, 0.4) is 0 Å². The van der Waals surface area contributed by atoms with Crippen molar-refractivity contribution < 1.29 is 28.0 Å². The maximum atomic E-state index is 12.2. The second-order valence-electron chi connectivity index (χ2n) is 4.29. The summed E-state index contributed by atoms with van der Waals surface area (Å²) >= 11 is 5.64. The monoisotopic (exact) mass is 341 g/mol. The Balaban J connectivity index is 2.72. The van der Waals surface area contributed by atoms with Crippen molar-refractivity contribution in [3.63, 3.8) is 0 Å². The van der Waals surface area contributed by atoms with E-state index >= 15 is 0 Å². The van der Waals surface area contributed by atoms with Crippen molar-refractivity contribution in [3.8, 4) is 0 Å². The number of benzene rings is 1. The van der Waals surface area contributed by atoms with Gasteiger partial charge in [0.05, 0.1) is 11.5 Å². The molecule has 7 nitrogen and oxygen atoms in total. The third-order valence-electron chi connectivity index (χ3n) is 2.57. The minimum atomic E-state index is -4.84. The van der Waals surface area contributed by atoms with Crippen LogP contribution in [0.5, 0.6) is 0 Å². The number of nitrogens with one attached hydrogen (secondary N) is 1. The normalized spacial score (nSPS) is 12.6. The fourth-order valence-electron chi connectivity index (χ4n) is 1.40. The maximum absolute atomic E-state index is 12.2. The van der Waals surface area contributed by atoms with Crippen molar-refractivity contribution in [2.24, 2.45) is 0 Å². The molecule has 0 heterocycles. The van der Waals surface area contributed by atoms with E-state index in [0.717, 1.165) is 19.2 Å². The number of aliphatic hydroxyl groups is 1. The van der Waals surface area contributed by atoms with Gasteiger partial charge in [-0.15, -0.1) is 0 Å². The van der Waals surface area contributed by atoms with Crippen LogP contribution < -0.4 is 5.32 Å². The van der Waals surface area contributed by atoms with E-state index in [4.69, 9.17) is 16.7 Å². The van der Waals surface area contributed by atoms with Crippen LogP contribution in [-0.2, 0) is 0 Å². The fraction of sp³-hybridized carbons (Fsp3) is 0.364. The fourth-order valence-corrected chi connectivity index (χ4v) is 1.65. The van der Waals surface area contributed by atoms with Gasteiger partial charge in [-0.3, -0.25) is 10.1 Å². The highest BCUT2D eigenvalue weighted by Crippen LogP contribution is 2.27. The third-order valence-corrected chi connectivity index (χ3v) is 2.87. The second-order valence-corrected chi connectivity index (χ2v) is 4.70. The van der Waals surface area contributed by atoms with Gasteiger partial charge in [-0.1, -0.05) is 11.6 Å². The van der Waals surface area contributed by atoms with Crippen LogP contribution in [0.15, 0.2) is 18.2 Å². The Morgan fingerprint density at radius 3 is 2.59 bits per heavy atom. The minimum Gasteiger partial charge on any atom is -0.382 e. The zero-order valence-corrected chi connectivity index (χ0v) is 11.9. The lowest BCUT2D eigenvalue weighted by Gasteiger charge is -2.22. The molecule has 0 fully saturated rings. The molecule has 0 aliphatic carbocycles. The standard InChI is InChI=1S/C11H11ClF3N3O4/c1-17(5-9(19)11(13,14)15)10(20)16-6-2-3-8(18(21)22)7(12)4-6/h2-4,9,19H,5H2,1H3,(H,16,20). The van der Waals surface area contributed by atoms with E-state index in [1.54, 1.807) is 0 Å². The minimum absolute atomic E-state index is 0.0638. The van der Waals surface area contributed by atoms with Crippen molar-refractivity contribution in [1.82, 2.24) is 4.90 Å². The lowest BCUT2D eigenvalue weighted by Crippen LogP contribution is -2.43. The maximum Gasteiger partial charge on any atom is 0.416 e. The Kier molecular flexibility index (Phi) is 5.55. The van der Waals surface area contributed by atoms with Crippen LogP contribution in [0.1, 0.15) is 0 Å². The molecule has 0 radical (unpaired) electrons. The molecule has 0 spiro atoms. The SMILES string of the molecule is CN(CC(O)C(F)(F)F)C(=O)Nc1ccc([N+](=O)[O-])c(Cl)c1. The molecule has 0 saturated carbocycles. The zero-order chi connectivity index (χ0) is 17.1. The molecule has 0 bridgehead atoms. The molecule has 1 aromatic carbocycles. The van der Waals surface area contributed by atoms with Crippen molar-refractivity contribution in [2.75, 3.05) is 18.9 Å². The highest BCUT2D eigenvalue weighted by Gasteiger charge is 2.39. The quantitative estimate of drug-likeness (QED) is 0.650. The number of alkyl halides is 3. The Morgan fingerprint density at radius 1 is 1.55 bits per heavy atom. The molecule has 1 unspecified atom stereocenters. The molecule has 11 heteroatoms. The Hall–Kier alpha value is -2.07. The summed E-state index contributed by atoms with van der Waals surface area (Å²) in [6.45, 7) is -0.962. The van der Waals surface area contributed by atoms with Gasteiger partial charge < -0.3 is 15.3 Å². The first kappa shape index (κ1) is 18.0. The van der Waals surface area contributed by atoms with Crippen molar-refractivity contribution in [2.45, 2.75) is 12.3 Å². The molecule has 22 heavy (non-hydrogen) atoms. The summed E-state index contributed by atoms with van der Waals surface area (Å²) in [5.74, 6) is 0. The molecule has 1 atom stereocenters. The molecule has 1 rings (SSSR count). The second kappa shape index (κ2) is 6.79. The van der Waals surface area contributed by atoms with E-state index in [-0.39, 0.29) is 16.4 Å². The number of hydrogen-bond donors (Lipinski definition) is 2. The van der Waals surface area contributed by atoms with E-state index in [9.17, 15) is 28.1 Å². The third kappa shape index (κ3) is 4.74. The Morgan fingerprint density at radius 2 is 2.14 bits per heavy atom. The molecular formula is C11H11ClF3N3O4. The molecule has 1 aromatic rings. The summed E-state index contributed by atoms with van der Waals surface area (Å²) in [5, 5.41) is 21.4. The number of likely N-dealkylation sites (N-methyl/N-ethyl adjacent to an activating group) is 1. The van der Waals surface area contributed by atoms with Crippen LogP contribution >= 0.6 is 11.6 Å². The van der Waals surface area contributed by atoms with Crippen LogP contribution in [0, 0.1) is 10.1 Å². The summed E-state index contributed by atoms with van der Waals surface area (Å²) in [4.78, 5) is 22.1. The number of halogens is 4. The van der Waals surface area contributed by atoms with E-state index in [1.807, 2.05) is 0 Å². The molecule has 2 N–H and O–H groups in total. The lowest BCUT2D eigenvalue weighted by atomic mass is 10.3. The molecule has 0 aromatic heterocycles. The van der Waals surface area contributed by atoms with Gasteiger partial charge in [0, 0.05) is 18.8 Å². The van der Waals surface area contributed by atoms with Gasteiger partial charge in [-0.2, -0.15) is 13.2 Å². The number of carbonyl (C=O) groups is 1. The van der Waals surface area contributed by atoms with Gasteiger partial charge in [0.2, 0.25) is 0 Å². The summed E-state index contributed by atoms with van der Waals surface area (Å²) in [5.41, 5.74) is -0.311. The number of aliphatic hydroxyl groups excluding tert-OH is 1. The number of urea groups is 1. The number of nitrogens with zero attached hydrogens (tertiary/aromatic N) is 2. The zero-order valence-electron chi connectivity index (χ0n) is 11.1. The highest BCUT2D eigenvalue weighted by molar-refractivity contribution is 6.33. The van der Waals surface area contributed by atoms with Gasteiger partial charge in [0.25, 0.3) is 5.69 Å². The topological polar surface area (TPSA) is 95.7 Å². The van der Waals surface area contributed by atoms with Gasteiger partial charge in [-0.25, -0.2) is 4.79 Å². The molecule has 0 aliphatic heterocycles. The highest BCUT2D eigenvalue weighted by atomic mass is 35.5. The molecular weight excluding hydrogens is 331 g/mol. The number of rotatable bonds is 4. The number of nitro groups is 1. The van der Waals surface area contributed by atoms with E-state index in [1.165, 1.54) is 6.07 Å². The smallest absolute Gasteiger partial charge is 0.382 e. The van der Waals surface area contributed by atoms with Crippen molar-refractivity contribution >= 4 is 29.0 Å². The summed E-state index contributed by atoms with van der Waals surface area (Å²) in [6.07, 6.45) is -7.52. The molecule has 122 valence electrons. The van der Waals surface area contributed by atoms with Gasteiger partial charge >= 0.3 is 12.2 Å². The number of hydrogen-bond acceptors (Lipinski definition) is 4. The average Bonchev–Trinajstić information content (AvgIpc) is 2.36. The first-order valence-corrected chi connectivity index (χ1v) is 6.11. The number of amides is 2. The average molecular weight is 342 g/mol. The summed E-state index contributed by atoms with van der Waals surface area (Å²) in [6, 6.07) is 2.37. The number of nitro benzene ring substituents is 1. The molecule has 0 saturated heterocycles. The van der Waals surface area contributed by atoms with Crippen molar-refractivity contribution in [3.05, 3.63) is 33.3 Å².